The monoisotopic (exact) mass is 268 g/mol. The number of nitrogens with one attached hydrogen (secondary N) is 1. The van der Waals surface area contributed by atoms with Crippen molar-refractivity contribution in [1.82, 2.24) is 0 Å². The summed E-state index contributed by atoms with van der Waals surface area (Å²) in [5, 5.41) is 7.52. The second-order valence-electron chi connectivity index (χ2n) is 3.82. The summed E-state index contributed by atoms with van der Waals surface area (Å²) in [5.41, 5.74) is 0.636. The van der Waals surface area contributed by atoms with Crippen LogP contribution in [-0.4, -0.2) is 21.6 Å². The van der Waals surface area contributed by atoms with E-state index in [4.69, 9.17) is 5.14 Å². The zero-order chi connectivity index (χ0) is 12.8. The molecule has 1 heterocycles. The van der Waals surface area contributed by atoms with Gasteiger partial charge in [-0.2, -0.15) is 0 Å². The average molecular weight is 268 g/mol. The summed E-state index contributed by atoms with van der Waals surface area (Å²) in [7, 11) is -3.70. The number of rotatable bonds is 2. The molecule has 0 bridgehead atoms. The topological polar surface area (TPSA) is 78.5 Å². The molecule has 0 radical (unpaired) electrons. The maximum absolute atomic E-state index is 13.5. The van der Waals surface area contributed by atoms with Gasteiger partial charge in [-0.1, -0.05) is 0 Å². The molecule has 1 aromatic rings. The molecule has 1 aliphatic heterocycles. The van der Waals surface area contributed by atoms with E-state index in [2.05, 4.69) is 5.32 Å². The number of fused-ring (bicyclic) bond motifs is 1. The van der Waals surface area contributed by atoms with E-state index in [0.29, 0.717) is 5.56 Å². The molecular formula is C9H11F3N2O2S. The van der Waals surface area contributed by atoms with Crippen molar-refractivity contribution in [3.8, 4) is 0 Å². The van der Waals surface area contributed by atoms with E-state index in [-0.39, 0.29) is 12.1 Å². The second-order valence-corrected chi connectivity index (χ2v) is 5.45. The zero-order valence-corrected chi connectivity index (χ0v) is 9.35. The molecule has 8 heteroatoms. The van der Waals surface area contributed by atoms with Crippen LogP contribution in [0.3, 0.4) is 0 Å². The largest absolute Gasteiger partial charge is 0.376 e. The molecule has 0 amide bonds. The van der Waals surface area contributed by atoms with Crippen LogP contribution in [0.4, 0.5) is 18.9 Å². The lowest BCUT2D eigenvalue weighted by atomic mass is 10.1. The summed E-state index contributed by atoms with van der Waals surface area (Å²) in [6.45, 7) is 0. The van der Waals surface area contributed by atoms with Gasteiger partial charge in [0, 0.05) is 12.1 Å². The predicted molar refractivity (Wildman–Crippen MR) is 58.8 cm³/mol. The number of alkyl halides is 2. The normalized spacial score (nSPS) is 20.3. The van der Waals surface area contributed by atoms with Crippen LogP contribution < -0.4 is 10.5 Å². The Labute approximate surface area is 97.1 Å². The van der Waals surface area contributed by atoms with E-state index in [1.165, 1.54) is 0 Å². The maximum atomic E-state index is 13.5. The number of nitrogens with two attached hydrogens (primary N) is 1. The Morgan fingerprint density at radius 1 is 1.41 bits per heavy atom. The van der Waals surface area contributed by atoms with E-state index < -0.39 is 34.0 Å². The van der Waals surface area contributed by atoms with Crippen molar-refractivity contribution in [2.75, 3.05) is 5.32 Å². The van der Waals surface area contributed by atoms with Crippen molar-refractivity contribution in [2.24, 2.45) is 5.14 Å². The molecule has 0 spiro atoms. The number of benzene rings is 1. The van der Waals surface area contributed by atoms with Gasteiger partial charge in [0.25, 0.3) is 6.43 Å². The van der Waals surface area contributed by atoms with Crippen LogP contribution in [0.5, 0.6) is 0 Å². The summed E-state index contributed by atoms with van der Waals surface area (Å²) in [4.78, 5) is -0.473. The Hall–Kier alpha value is -0.960. The molecule has 1 atom stereocenters. The van der Waals surface area contributed by atoms with Crippen LogP contribution in [-0.2, 0) is 6.42 Å². The number of anilines is 1. The average Bonchev–Trinajstić information content (AvgIpc) is 2.57. The van der Waals surface area contributed by atoms with Gasteiger partial charge in [0.05, 0.1) is 6.04 Å². The molecular weight excluding hydrogens is 257 g/mol. The van der Waals surface area contributed by atoms with E-state index in [9.17, 15) is 22.3 Å². The number of hydrogen-bond acceptors (Lipinski definition) is 4. The lowest BCUT2D eigenvalue weighted by Gasteiger charge is -2.27. The van der Waals surface area contributed by atoms with Crippen LogP contribution in [0.15, 0.2) is 17.0 Å². The molecule has 5 N–H and O–H groups in total. The predicted octanol–water partition coefficient (Wildman–Crippen LogP) is 2.41. The Morgan fingerprint density at radius 3 is 2.59 bits per heavy atom. The third kappa shape index (κ3) is 2.34. The third-order valence-electron chi connectivity index (χ3n) is 2.57. The third-order valence-corrected chi connectivity index (χ3v) is 3.53. The summed E-state index contributed by atoms with van der Waals surface area (Å²) >= 11 is 0. The molecule has 96 valence electrons. The fourth-order valence-corrected chi connectivity index (χ4v) is 2.41. The van der Waals surface area contributed by atoms with Gasteiger partial charge in [0.1, 0.15) is 10.7 Å². The second kappa shape index (κ2) is 4.05. The highest BCUT2D eigenvalue weighted by Crippen LogP contribution is 2.44. The smallest absolute Gasteiger partial charge is 0.258 e. The Morgan fingerprint density at radius 2 is 2.06 bits per heavy atom. The van der Waals surface area contributed by atoms with Gasteiger partial charge >= 0.3 is 0 Å². The fraction of sp³-hybridized carbons (Fsp3) is 0.333. The highest BCUT2D eigenvalue weighted by molar-refractivity contribution is 8.22. The van der Waals surface area contributed by atoms with E-state index in [1.54, 1.807) is 0 Å². The van der Waals surface area contributed by atoms with Crippen molar-refractivity contribution >= 4 is 16.5 Å². The Bertz CT molecular complexity index is 451. The van der Waals surface area contributed by atoms with Crippen molar-refractivity contribution in [3.63, 3.8) is 0 Å². The summed E-state index contributed by atoms with van der Waals surface area (Å²) < 4.78 is 56.8. The SMILES string of the molecule is NS(O)(O)c1cc2c(cc1F)CC(C(F)F)N2. The molecule has 1 unspecified atom stereocenters. The van der Waals surface area contributed by atoms with Gasteiger partial charge in [-0.15, -0.1) is 10.8 Å². The highest BCUT2D eigenvalue weighted by atomic mass is 32.3. The van der Waals surface area contributed by atoms with Gasteiger partial charge in [-0.3, -0.25) is 9.11 Å². The lowest BCUT2D eigenvalue weighted by molar-refractivity contribution is 0.126. The first kappa shape index (κ1) is 12.5. The minimum atomic E-state index is -3.70. The van der Waals surface area contributed by atoms with Crippen molar-refractivity contribution in [1.29, 1.82) is 0 Å². The molecule has 0 saturated heterocycles. The van der Waals surface area contributed by atoms with Crippen molar-refractivity contribution < 1.29 is 22.3 Å². The lowest BCUT2D eigenvalue weighted by Crippen LogP contribution is -2.24. The number of hydrogen-bond donors (Lipinski definition) is 4. The van der Waals surface area contributed by atoms with E-state index >= 15 is 0 Å². The molecule has 0 aromatic heterocycles. The van der Waals surface area contributed by atoms with Gasteiger partial charge in [-0.05, 0) is 17.7 Å². The number of halogens is 3. The van der Waals surface area contributed by atoms with Gasteiger partial charge in [0.15, 0.2) is 0 Å². The van der Waals surface area contributed by atoms with Crippen LogP contribution >= 0.6 is 10.8 Å². The van der Waals surface area contributed by atoms with Gasteiger partial charge in [-0.25, -0.2) is 18.3 Å². The molecule has 1 aromatic carbocycles. The van der Waals surface area contributed by atoms with Crippen LogP contribution in [0.2, 0.25) is 0 Å². The molecule has 0 aliphatic carbocycles. The Kier molecular flexibility index (Phi) is 2.98. The van der Waals surface area contributed by atoms with Crippen LogP contribution in [0.1, 0.15) is 5.56 Å². The minimum Gasteiger partial charge on any atom is -0.376 e. The first-order chi connectivity index (χ1) is 7.79. The Balaban J connectivity index is 2.38. The first-order valence-electron chi connectivity index (χ1n) is 4.72. The zero-order valence-electron chi connectivity index (χ0n) is 8.53. The van der Waals surface area contributed by atoms with Crippen LogP contribution in [0, 0.1) is 5.82 Å². The van der Waals surface area contributed by atoms with E-state index in [1.807, 2.05) is 0 Å². The van der Waals surface area contributed by atoms with E-state index in [0.717, 1.165) is 12.1 Å². The van der Waals surface area contributed by atoms with Crippen molar-refractivity contribution in [3.05, 3.63) is 23.5 Å². The summed E-state index contributed by atoms with van der Waals surface area (Å²) in [5.74, 6) is -0.900. The molecule has 17 heavy (non-hydrogen) atoms. The molecule has 0 fully saturated rings. The summed E-state index contributed by atoms with van der Waals surface area (Å²) in [6, 6.07) is 0.989. The minimum absolute atomic E-state index is 0.00599. The maximum Gasteiger partial charge on any atom is 0.258 e. The van der Waals surface area contributed by atoms with Gasteiger partial charge < -0.3 is 5.32 Å². The standard InChI is InChI=1S/C9H11F3N2O2S/c10-5-1-4-2-7(9(11)12)14-6(4)3-8(5)17(13,15)16/h1,3,7,9,14-16H,2,13H2. The van der Waals surface area contributed by atoms with Crippen LogP contribution in [0.25, 0.3) is 0 Å². The molecule has 2 rings (SSSR count). The molecule has 4 nitrogen and oxygen atoms in total. The summed E-state index contributed by atoms with van der Waals surface area (Å²) in [6.07, 6.45) is -2.58. The molecule has 0 saturated carbocycles. The highest BCUT2D eigenvalue weighted by Gasteiger charge is 2.30. The molecule has 1 aliphatic rings. The van der Waals surface area contributed by atoms with Crippen molar-refractivity contribution in [2.45, 2.75) is 23.8 Å². The fourth-order valence-electron chi connectivity index (χ4n) is 1.77. The quantitative estimate of drug-likeness (QED) is 0.664. The first-order valence-corrected chi connectivity index (χ1v) is 6.33. The van der Waals surface area contributed by atoms with Gasteiger partial charge in [0.2, 0.25) is 0 Å².